The topological polar surface area (TPSA) is 29.3 Å². The standard InChI is InChI=1S/C15H26N2/c1-5-6-7-10-17(12(2)3)15-9-8-14(16)11-13(15)4/h8-9,11-12H,5-7,10,16H2,1-4H3. The Kier molecular flexibility index (Phi) is 5.33. The van der Waals surface area contributed by atoms with Crippen LogP contribution in [0.3, 0.4) is 0 Å². The van der Waals surface area contributed by atoms with Gasteiger partial charge in [-0.15, -0.1) is 0 Å². The minimum atomic E-state index is 0.536. The van der Waals surface area contributed by atoms with Crippen molar-refractivity contribution in [3.63, 3.8) is 0 Å². The number of aryl methyl sites for hydroxylation is 1. The Hall–Kier alpha value is -1.18. The van der Waals surface area contributed by atoms with Crippen molar-refractivity contribution < 1.29 is 0 Å². The Morgan fingerprint density at radius 1 is 1.24 bits per heavy atom. The summed E-state index contributed by atoms with van der Waals surface area (Å²) in [6, 6.07) is 6.74. The molecule has 2 nitrogen and oxygen atoms in total. The van der Waals surface area contributed by atoms with Gasteiger partial charge in [0.2, 0.25) is 0 Å². The van der Waals surface area contributed by atoms with Crippen molar-refractivity contribution in [2.45, 2.75) is 53.0 Å². The number of nitrogens with zero attached hydrogens (tertiary/aromatic N) is 1. The van der Waals surface area contributed by atoms with Gasteiger partial charge in [-0.2, -0.15) is 0 Å². The molecular formula is C15H26N2. The van der Waals surface area contributed by atoms with Crippen LogP contribution in [0.15, 0.2) is 18.2 Å². The Balaban J connectivity index is 2.82. The number of benzene rings is 1. The highest BCUT2D eigenvalue weighted by Gasteiger charge is 2.12. The van der Waals surface area contributed by atoms with Gasteiger partial charge in [0.1, 0.15) is 0 Å². The molecule has 0 fully saturated rings. The van der Waals surface area contributed by atoms with E-state index in [1.807, 2.05) is 6.07 Å². The van der Waals surface area contributed by atoms with Crippen molar-refractivity contribution in [2.24, 2.45) is 0 Å². The van der Waals surface area contributed by atoms with E-state index in [4.69, 9.17) is 5.73 Å². The van der Waals surface area contributed by atoms with Gasteiger partial charge in [0.05, 0.1) is 0 Å². The van der Waals surface area contributed by atoms with Crippen LogP contribution in [-0.4, -0.2) is 12.6 Å². The third kappa shape index (κ3) is 3.95. The SMILES string of the molecule is CCCCCN(c1ccc(N)cc1C)C(C)C. The molecule has 2 heteroatoms. The summed E-state index contributed by atoms with van der Waals surface area (Å²) in [7, 11) is 0. The summed E-state index contributed by atoms with van der Waals surface area (Å²) in [5.74, 6) is 0. The fraction of sp³-hybridized carbons (Fsp3) is 0.600. The van der Waals surface area contributed by atoms with Crippen molar-refractivity contribution >= 4 is 11.4 Å². The van der Waals surface area contributed by atoms with Crippen LogP contribution in [0, 0.1) is 6.92 Å². The van der Waals surface area contributed by atoms with E-state index in [1.165, 1.54) is 30.5 Å². The maximum atomic E-state index is 5.81. The summed E-state index contributed by atoms with van der Waals surface area (Å²) in [5.41, 5.74) is 9.26. The third-order valence-corrected chi connectivity index (χ3v) is 3.16. The van der Waals surface area contributed by atoms with Gasteiger partial charge in [0.15, 0.2) is 0 Å². The van der Waals surface area contributed by atoms with Gasteiger partial charge in [-0.1, -0.05) is 19.8 Å². The van der Waals surface area contributed by atoms with E-state index in [0.717, 1.165) is 12.2 Å². The molecule has 0 bridgehead atoms. The third-order valence-electron chi connectivity index (χ3n) is 3.16. The van der Waals surface area contributed by atoms with Gasteiger partial charge in [0.25, 0.3) is 0 Å². The highest BCUT2D eigenvalue weighted by molar-refractivity contribution is 5.59. The first-order valence-corrected chi connectivity index (χ1v) is 6.69. The first-order chi connectivity index (χ1) is 8.06. The lowest BCUT2D eigenvalue weighted by molar-refractivity contribution is 0.625. The van der Waals surface area contributed by atoms with Crippen LogP contribution in [0.5, 0.6) is 0 Å². The van der Waals surface area contributed by atoms with Gasteiger partial charge in [-0.05, 0) is 51.0 Å². The van der Waals surface area contributed by atoms with Gasteiger partial charge in [-0.3, -0.25) is 0 Å². The monoisotopic (exact) mass is 234 g/mol. The molecule has 1 aromatic carbocycles. The molecule has 17 heavy (non-hydrogen) atoms. The van der Waals surface area contributed by atoms with Crippen molar-refractivity contribution in [3.8, 4) is 0 Å². The second-order valence-corrected chi connectivity index (χ2v) is 5.04. The second kappa shape index (κ2) is 6.53. The fourth-order valence-corrected chi connectivity index (χ4v) is 2.19. The molecule has 1 rings (SSSR count). The van der Waals surface area contributed by atoms with Crippen LogP contribution in [0.25, 0.3) is 0 Å². The smallest absolute Gasteiger partial charge is 0.0399 e. The fourth-order valence-electron chi connectivity index (χ4n) is 2.19. The van der Waals surface area contributed by atoms with E-state index in [2.05, 4.69) is 44.7 Å². The summed E-state index contributed by atoms with van der Waals surface area (Å²) >= 11 is 0. The Morgan fingerprint density at radius 2 is 1.94 bits per heavy atom. The molecule has 0 aliphatic rings. The van der Waals surface area contributed by atoms with Crippen molar-refractivity contribution in [2.75, 3.05) is 17.2 Å². The maximum Gasteiger partial charge on any atom is 0.0399 e. The lowest BCUT2D eigenvalue weighted by atomic mass is 10.1. The van der Waals surface area contributed by atoms with E-state index in [1.54, 1.807) is 0 Å². The largest absolute Gasteiger partial charge is 0.399 e. The summed E-state index contributed by atoms with van der Waals surface area (Å²) in [4.78, 5) is 2.48. The van der Waals surface area contributed by atoms with Gasteiger partial charge in [0, 0.05) is 24.0 Å². The molecule has 0 unspecified atom stereocenters. The first kappa shape index (κ1) is 13.9. The van der Waals surface area contributed by atoms with Crippen molar-refractivity contribution in [1.29, 1.82) is 0 Å². The molecule has 0 aliphatic heterocycles. The van der Waals surface area contributed by atoms with Crippen molar-refractivity contribution in [3.05, 3.63) is 23.8 Å². The van der Waals surface area contributed by atoms with Crippen LogP contribution >= 0.6 is 0 Å². The average molecular weight is 234 g/mol. The van der Waals surface area contributed by atoms with E-state index >= 15 is 0 Å². The van der Waals surface area contributed by atoms with Crippen LogP contribution in [0.2, 0.25) is 0 Å². The quantitative estimate of drug-likeness (QED) is 0.596. The first-order valence-electron chi connectivity index (χ1n) is 6.69. The summed E-state index contributed by atoms with van der Waals surface area (Å²) in [6.45, 7) is 10.0. The maximum absolute atomic E-state index is 5.81. The predicted octanol–water partition coefficient (Wildman–Crippen LogP) is 3.98. The normalized spacial score (nSPS) is 10.9. The van der Waals surface area contributed by atoms with E-state index in [9.17, 15) is 0 Å². The number of hydrogen-bond donors (Lipinski definition) is 1. The highest BCUT2D eigenvalue weighted by Crippen LogP contribution is 2.24. The molecule has 0 aromatic heterocycles. The zero-order valence-electron chi connectivity index (χ0n) is 11.7. The van der Waals surface area contributed by atoms with Gasteiger partial charge in [-0.25, -0.2) is 0 Å². The molecule has 96 valence electrons. The minimum Gasteiger partial charge on any atom is -0.399 e. The molecule has 0 radical (unpaired) electrons. The van der Waals surface area contributed by atoms with E-state index in [-0.39, 0.29) is 0 Å². The second-order valence-electron chi connectivity index (χ2n) is 5.04. The van der Waals surface area contributed by atoms with E-state index < -0.39 is 0 Å². The van der Waals surface area contributed by atoms with E-state index in [0.29, 0.717) is 6.04 Å². The number of hydrogen-bond acceptors (Lipinski definition) is 2. The summed E-state index contributed by atoms with van der Waals surface area (Å²) < 4.78 is 0. The molecule has 0 heterocycles. The molecule has 0 atom stereocenters. The Bertz CT molecular complexity index is 345. The van der Waals surface area contributed by atoms with Crippen LogP contribution < -0.4 is 10.6 Å². The molecular weight excluding hydrogens is 208 g/mol. The Labute approximate surface area is 106 Å². The Morgan fingerprint density at radius 3 is 2.47 bits per heavy atom. The lowest BCUT2D eigenvalue weighted by Gasteiger charge is -2.30. The zero-order chi connectivity index (χ0) is 12.8. The molecule has 1 aromatic rings. The predicted molar refractivity (Wildman–Crippen MR) is 77.6 cm³/mol. The molecule has 0 saturated heterocycles. The van der Waals surface area contributed by atoms with Crippen LogP contribution in [0.1, 0.15) is 45.6 Å². The molecule has 0 saturated carbocycles. The highest BCUT2D eigenvalue weighted by atomic mass is 15.1. The number of nitrogens with two attached hydrogens (primary N) is 1. The lowest BCUT2D eigenvalue weighted by Crippen LogP contribution is -2.32. The summed E-state index contributed by atoms with van der Waals surface area (Å²) in [5, 5.41) is 0. The minimum absolute atomic E-state index is 0.536. The van der Waals surface area contributed by atoms with Crippen molar-refractivity contribution in [1.82, 2.24) is 0 Å². The number of unbranched alkanes of at least 4 members (excludes halogenated alkanes) is 2. The number of rotatable bonds is 6. The van der Waals surface area contributed by atoms with Crippen LogP contribution in [-0.2, 0) is 0 Å². The van der Waals surface area contributed by atoms with Gasteiger partial charge >= 0.3 is 0 Å². The molecule has 0 aliphatic carbocycles. The van der Waals surface area contributed by atoms with Gasteiger partial charge < -0.3 is 10.6 Å². The molecule has 0 spiro atoms. The van der Waals surface area contributed by atoms with Crippen LogP contribution in [0.4, 0.5) is 11.4 Å². The average Bonchev–Trinajstić information content (AvgIpc) is 2.25. The summed E-state index contributed by atoms with van der Waals surface area (Å²) in [6.07, 6.45) is 3.84. The number of anilines is 2. The molecule has 2 N–H and O–H groups in total. The molecule has 0 amide bonds. The number of nitrogen functional groups attached to an aromatic ring is 1. The zero-order valence-corrected chi connectivity index (χ0v) is 11.7.